The van der Waals surface area contributed by atoms with Crippen molar-refractivity contribution in [3.8, 4) is 0 Å². The molecular formula is C37H59N4O3+. The maximum Gasteiger partial charge on any atom is 0.279 e. The number of aryl methyl sites for hydroxylation is 4. The van der Waals surface area contributed by atoms with Gasteiger partial charge in [0.05, 0.1) is 25.7 Å². The molecule has 2 unspecified atom stereocenters. The van der Waals surface area contributed by atoms with E-state index in [2.05, 4.69) is 48.4 Å². The van der Waals surface area contributed by atoms with Crippen LogP contribution < -0.4 is 10.6 Å². The molecule has 1 heterocycles. The highest BCUT2D eigenvalue weighted by Crippen LogP contribution is 2.24. The smallest absolute Gasteiger partial charge is 0.279 e. The Morgan fingerprint density at radius 2 is 1.36 bits per heavy atom. The molecule has 1 fully saturated rings. The molecule has 0 saturated carbocycles. The topological polar surface area (TPSA) is 81.7 Å². The van der Waals surface area contributed by atoms with Gasteiger partial charge < -0.3 is 20.2 Å². The number of aliphatic hydroxyl groups excluding tert-OH is 1. The molecule has 1 aliphatic heterocycles. The summed E-state index contributed by atoms with van der Waals surface area (Å²) in [6.07, 6.45) is 10.8. The Morgan fingerprint density at radius 3 is 1.95 bits per heavy atom. The Hall–Kier alpha value is -2.74. The van der Waals surface area contributed by atoms with Crippen LogP contribution >= 0.6 is 0 Å². The third kappa shape index (κ3) is 10.7. The van der Waals surface area contributed by atoms with Gasteiger partial charge in [-0.05, 0) is 108 Å². The second-order valence-corrected chi connectivity index (χ2v) is 13.1. The van der Waals surface area contributed by atoms with Crippen LogP contribution in [0.1, 0.15) is 93.4 Å². The fourth-order valence-corrected chi connectivity index (χ4v) is 6.87. The zero-order valence-electron chi connectivity index (χ0n) is 28.2. The van der Waals surface area contributed by atoms with Gasteiger partial charge in [0.1, 0.15) is 6.54 Å². The molecule has 2 atom stereocenters. The van der Waals surface area contributed by atoms with E-state index in [1.54, 1.807) is 0 Å². The van der Waals surface area contributed by atoms with Crippen molar-refractivity contribution in [2.24, 2.45) is 0 Å². The van der Waals surface area contributed by atoms with Gasteiger partial charge in [0, 0.05) is 11.4 Å². The lowest BCUT2D eigenvalue weighted by atomic mass is 10.00. The Bertz CT molecular complexity index is 1160. The van der Waals surface area contributed by atoms with Crippen molar-refractivity contribution >= 4 is 23.2 Å². The van der Waals surface area contributed by atoms with Crippen LogP contribution in [0, 0.1) is 27.7 Å². The third-order valence-corrected chi connectivity index (χ3v) is 9.51. The lowest BCUT2D eigenvalue weighted by molar-refractivity contribution is -0.921. The largest absolute Gasteiger partial charge is 0.391 e. The van der Waals surface area contributed by atoms with E-state index in [1.807, 2.05) is 38.1 Å². The number of likely N-dealkylation sites (tertiary alicyclic amines) is 1. The van der Waals surface area contributed by atoms with E-state index >= 15 is 0 Å². The standard InChI is InChI=1S/C37H58N4O3/c1-6-7-13-24-41(26-27-42,28-34(43)38-35-29(2)17-15-18-30(35)3)25-14-9-8-11-22-40-23-12-10-21-33(40)37(44)39-36-31(4)19-16-20-32(36)5/h15-20,33,42H,6-14,21-28H2,1-5H3,(H-,38,39,43,44)/p+1. The molecule has 7 heteroatoms. The van der Waals surface area contributed by atoms with E-state index in [0.717, 1.165) is 124 Å². The zero-order valence-corrected chi connectivity index (χ0v) is 28.2. The number of para-hydroxylation sites is 2. The second kappa shape index (κ2) is 18.3. The minimum absolute atomic E-state index is 0.0302. The van der Waals surface area contributed by atoms with Crippen LogP contribution in [0.3, 0.4) is 0 Å². The maximum absolute atomic E-state index is 13.3. The fraction of sp³-hybridized carbons (Fsp3) is 0.622. The van der Waals surface area contributed by atoms with Gasteiger partial charge in [0.25, 0.3) is 5.91 Å². The molecule has 3 N–H and O–H groups in total. The predicted molar refractivity (Wildman–Crippen MR) is 183 cm³/mol. The van der Waals surface area contributed by atoms with Crippen molar-refractivity contribution in [1.82, 2.24) is 4.90 Å². The van der Waals surface area contributed by atoms with Gasteiger partial charge in [-0.15, -0.1) is 0 Å². The highest BCUT2D eigenvalue weighted by atomic mass is 16.3. The maximum atomic E-state index is 13.3. The Kier molecular flexibility index (Phi) is 14.8. The van der Waals surface area contributed by atoms with Crippen LogP contribution in [0.2, 0.25) is 0 Å². The Labute approximate surface area is 267 Å². The van der Waals surface area contributed by atoms with E-state index in [-0.39, 0.29) is 24.5 Å². The van der Waals surface area contributed by atoms with E-state index in [0.29, 0.717) is 17.6 Å². The molecule has 3 rings (SSSR count). The summed E-state index contributed by atoms with van der Waals surface area (Å²) in [4.78, 5) is 29.1. The average Bonchev–Trinajstić information content (AvgIpc) is 2.99. The van der Waals surface area contributed by atoms with Crippen LogP contribution in [0.4, 0.5) is 11.4 Å². The highest BCUT2D eigenvalue weighted by molar-refractivity contribution is 5.96. The molecule has 0 bridgehead atoms. The molecule has 0 aromatic heterocycles. The molecule has 0 aliphatic carbocycles. The van der Waals surface area contributed by atoms with Gasteiger partial charge in [-0.2, -0.15) is 0 Å². The van der Waals surface area contributed by atoms with Crippen LogP contribution in [0.5, 0.6) is 0 Å². The van der Waals surface area contributed by atoms with Crippen LogP contribution in [-0.4, -0.2) is 78.2 Å². The number of carbonyl (C=O) groups is 2. The minimum Gasteiger partial charge on any atom is -0.391 e. The van der Waals surface area contributed by atoms with Gasteiger partial charge in [0.2, 0.25) is 5.91 Å². The minimum atomic E-state index is -0.0643. The fourth-order valence-electron chi connectivity index (χ4n) is 6.87. The number of anilines is 2. The number of carbonyl (C=O) groups excluding carboxylic acids is 2. The first-order chi connectivity index (χ1) is 21.2. The van der Waals surface area contributed by atoms with E-state index in [9.17, 15) is 14.7 Å². The van der Waals surface area contributed by atoms with Gasteiger partial charge >= 0.3 is 0 Å². The summed E-state index contributed by atoms with van der Waals surface area (Å²) < 4.78 is 0.639. The van der Waals surface area contributed by atoms with Crippen molar-refractivity contribution in [3.63, 3.8) is 0 Å². The SMILES string of the molecule is CCCCC[N+](CCO)(CCCCCCN1CCCCC1C(=O)Nc1c(C)cccc1C)CC(=O)Nc1c(C)cccc1C. The number of nitrogens with one attached hydrogen (secondary N) is 2. The number of rotatable bonds is 18. The van der Waals surface area contributed by atoms with E-state index in [4.69, 9.17) is 0 Å². The van der Waals surface area contributed by atoms with Gasteiger partial charge in [-0.1, -0.05) is 62.6 Å². The first-order valence-corrected chi connectivity index (χ1v) is 17.1. The average molecular weight is 608 g/mol. The number of quaternary nitrogens is 1. The van der Waals surface area contributed by atoms with E-state index < -0.39 is 0 Å². The number of hydrogen-bond acceptors (Lipinski definition) is 4. The second-order valence-electron chi connectivity index (χ2n) is 13.1. The molecule has 2 amide bonds. The summed E-state index contributed by atoms with van der Waals surface area (Å²) in [7, 11) is 0. The van der Waals surface area contributed by atoms with Gasteiger partial charge in [-0.25, -0.2) is 0 Å². The third-order valence-electron chi connectivity index (χ3n) is 9.51. The van der Waals surface area contributed by atoms with Crippen molar-refractivity contribution in [2.75, 3.05) is 56.5 Å². The number of nitrogens with zero attached hydrogens (tertiary/aromatic N) is 2. The summed E-state index contributed by atoms with van der Waals surface area (Å²) in [5.74, 6) is 0.155. The molecule has 2 aromatic carbocycles. The molecule has 1 saturated heterocycles. The number of hydrogen-bond donors (Lipinski definition) is 3. The summed E-state index contributed by atoms with van der Waals surface area (Å²) in [6, 6.07) is 12.2. The summed E-state index contributed by atoms with van der Waals surface area (Å²) in [5.41, 5.74) is 6.22. The van der Waals surface area contributed by atoms with E-state index in [1.165, 1.54) is 0 Å². The summed E-state index contributed by atoms with van der Waals surface area (Å²) >= 11 is 0. The number of aliphatic hydroxyl groups is 1. The van der Waals surface area contributed by atoms with Crippen LogP contribution in [-0.2, 0) is 9.59 Å². The first-order valence-electron chi connectivity index (χ1n) is 17.1. The molecule has 244 valence electrons. The first kappa shape index (κ1) is 35.7. The summed E-state index contributed by atoms with van der Waals surface area (Å²) in [5, 5.41) is 16.5. The number of piperidine rings is 1. The van der Waals surface area contributed by atoms with Crippen molar-refractivity contribution < 1.29 is 19.2 Å². The zero-order chi connectivity index (χ0) is 32.0. The van der Waals surface area contributed by atoms with Crippen molar-refractivity contribution in [3.05, 3.63) is 58.7 Å². The lowest BCUT2D eigenvalue weighted by Gasteiger charge is -2.38. The number of amides is 2. The normalized spacial score (nSPS) is 16.8. The Morgan fingerprint density at radius 1 is 0.795 bits per heavy atom. The van der Waals surface area contributed by atoms with Crippen LogP contribution in [0.15, 0.2) is 36.4 Å². The quantitative estimate of drug-likeness (QED) is 0.127. The van der Waals surface area contributed by atoms with Gasteiger partial charge in [0.15, 0.2) is 6.54 Å². The van der Waals surface area contributed by atoms with Crippen molar-refractivity contribution in [2.45, 2.75) is 105 Å². The summed E-state index contributed by atoms with van der Waals surface area (Å²) in [6.45, 7) is 15.2. The van der Waals surface area contributed by atoms with Crippen LogP contribution in [0.25, 0.3) is 0 Å². The molecule has 0 spiro atoms. The monoisotopic (exact) mass is 607 g/mol. The molecule has 0 radical (unpaired) electrons. The number of unbranched alkanes of at least 4 members (excludes halogenated alkanes) is 5. The van der Waals surface area contributed by atoms with Gasteiger partial charge in [-0.3, -0.25) is 14.5 Å². The Balaban J connectivity index is 1.53. The highest BCUT2D eigenvalue weighted by Gasteiger charge is 2.31. The molecule has 2 aromatic rings. The number of benzene rings is 2. The van der Waals surface area contributed by atoms with Crippen molar-refractivity contribution in [1.29, 1.82) is 0 Å². The molecule has 44 heavy (non-hydrogen) atoms. The lowest BCUT2D eigenvalue weighted by Crippen LogP contribution is -2.55. The molecule has 7 nitrogen and oxygen atoms in total. The molecular weight excluding hydrogens is 548 g/mol. The molecule has 1 aliphatic rings. The predicted octanol–water partition coefficient (Wildman–Crippen LogP) is 6.91.